The molecular weight excluding hydrogens is 204 g/mol. The minimum Gasteiger partial charge on any atom is -0.396 e. The number of rotatable bonds is 5. The summed E-state index contributed by atoms with van der Waals surface area (Å²) < 4.78 is 0. The molecule has 2 rings (SSSR count). The van der Waals surface area contributed by atoms with Gasteiger partial charge in [0.15, 0.2) is 0 Å². The summed E-state index contributed by atoms with van der Waals surface area (Å²) >= 11 is 0. The molecule has 0 amide bonds. The van der Waals surface area contributed by atoms with Crippen molar-refractivity contribution in [2.24, 2.45) is 5.41 Å². The van der Waals surface area contributed by atoms with E-state index in [1.54, 1.807) is 6.20 Å². The fraction of sp³-hybridized carbons (Fsp3) is 0.583. The van der Waals surface area contributed by atoms with Crippen molar-refractivity contribution >= 4 is 5.82 Å². The Morgan fingerprint density at radius 3 is 2.62 bits per heavy atom. The number of aliphatic hydroxyl groups excluding tert-OH is 2. The molecule has 0 radical (unpaired) electrons. The van der Waals surface area contributed by atoms with Crippen LogP contribution in [0.4, 0.5) is 5.82 Å². The van der Waals surface area contributed by atoms with Crippen LogP contribution in [0.3, 0.4) is 0 Å². The maximum atomic E-state index is 9.30. The second-order valence-corrected chi connectivity index (χ2v) is 4.78. The number of aliphatic hydroxyl groups is 2. The third kappa shape index (κ3) is 2.33. The molecule has 0 spiro atoms. The Kier molecular flexibility index (Phi) is 3.12. The molecule has 2 heterocycles. The van der Waals surface area contributed by atoms with Gasteiger partial charge in [-0.2, -0.15) is 0 Å². The zero-order chi connectivity index (χ0) is 11.6. The van der Waals surface area contributed by atoms with E-state index in [0.29, 0.717) is 6.42 Å². The summed E-state index contributed by atoms with van der Waals surface area (Å²) in [6, 6.07) is 3.92. The van der Waals surface area contributed by atoms with Gasteiger partial charge < -0.3 is 15.1 Å². The third-order valence-corrected chi connectivity index (χ3v) is 2.99. The van der Waals surface area contributed by atoms with E-state index in [1.807, 2.05) is 19.1 Å². The molecule has 88 valence electrons. The molecule has 0 atom stereocenters. The number of aromatic nitrogens is 1. The Morgan fingerprint density at radius 1 is 1.38 bits per heavy atom. The van der Waals surface area contributed by atoms with Crippen molar-refractivity contribution in [3.63, 3.8) is 0 Å². The molecule has 0 aliphatic carbocycles. The number of hydrogen-bond donors (Lipinski definition) is 2. The van der Waals surface area contributed by atoms with Crippen molar-refractivity contribution in [3.05, 3.63) is 23.9 Å². The summed E-state index contributed by atoms with van der Waals surface area (Å²) in [5, 5.41) is 18.6. The number of pyridine rings is 1. The molecule has 16 heavy (non-hydrogen) atoms. The van der Waals surface area contributed by atoms with Crippen molar-refractivity contribution in [3.8, 4) is 0 Å². The lowest BCUT2D eigenvalue weighted by Crippen LogP contribution is -2.29. The zero-order valence-corrected chi connectivity index (χ0v) is 9.56. The minimum atomic E-state index is -0.464. The van der Waals surface area contributed by atoms with E-state index in [2.05, 4.69) is 9.88 Å². The van der Waals surface area contributed by atoms with Gasteiger partial charge in [-0.1, -0.05) is 13.0 Å². The lowest BCUT2D eigenvalue weighted by molar-refractivity contribution is 0.0704. The highest BCUT2D eigenvalue weighted by molar-refractivity contribution is 5.51. The molecule has 1 aliphatic heterocycles. The first-order valence-electron chi connectivity index (χ1n) is 5.59. The van der Waals surface area contributed by atoms with Crippen LogP contribution in [0.1, 0.15) is 12.5 Å². The zero-order valence-electron chi connectivity index (χ0n) is 9.56. The molecule has 0 unspecified atom stereocenters. The molecular formula is C12H18N2O2. The third-order valence-electron chi connectivity index (χ3n) is 2.99. The first kappa shape index (κ1) is 11.4. The maximum absolute atomic E-state index is 9.30. The highest BCUT2D eigenvalue weighted by Crippen LogP contribution is 2.29. The number of hydrogen-bond acceptors (Lipinski definition) is 4. The lowest BCUT2D eigenvalue weighted by Gasteiger charge is -2.25. The van der Waals surface area contributed by atoms with Crippen molar-refractivity contribution in [2.45, 2.75) is 13.3 Å². The highest BCUT2D eigenvalue weighted by Gasteiger charge is 2.28. The molecule has 1 aromatic rings. The molecule has 0 bridgehead atoms. The van der Waals surface area contributed by atoms with Crippen molar-refractivity contribution < 1.29 is 10.2 Å². The molecule has 4 heteroatoms. The first-order valence-corrected chi connectivity index (χ1v) is 5.59. The van der Waals surface area contributed by atoms with Gasteiger partial charge in [0.1, 0.15) is 5.82 Å². The van der Waals surface area contributed by atoms with Gasteiger partial charge >= 0.3 is 0 Å². The molecule has 4 nitrogen and oxygen atoms in total. The Balaban J connectivity index is 2.19. The van der Waals surface area contributed by atoms with E-state index in [-0.39, 0.29) is 13.2 Å². The summed E-state index contributed by atoms with van der Waals surface area (Å²) in [7, 11) is 0. The van der Waals surface area contributed by atoms with Crippen LogP contribution in [-0.4, -0.2) is 41.5 Å². The summed E-state index contributed by atoms with van der Waals surface area (Å²) in [5.74, 6) is 0.996. The Hall–Kier alpha value is -1.13. The smallest absolute Gasteiger partial charge is 0.131 e. The summed E-state index contributed by atoms with van der Waals surface area (Å²) in [4.78, 5) is 6.54. The predicted molar refractivity (Wildman–Crippen MR) is 62.4 cm³/mol. The SMILES string of the molecule is CC(CO)(CO)Cc1cccnc1N1CC1. The average Bonchev–Trinajstić information content (AvgIpc) is 3.14. The standard InChI is InChI=1S/C12H18N2O2/c1-12(8-15,9-16)7-10-3-2-4-13-11(10)14-5-6-14/h2-4,15-16H,5-9H2,1H3. The van der Waals surface area contributed by atoms with Crippen LogP contribution in [0.5, 0.6) is 0 Å². The van der Waals surface area contributed by atoms with E-state index in [9.17, 15) is 10.2 Å². The van der Waals surface area contributed by atoms with Gasteiger partial charge in [0.2, 0.25) is 0 Å². The van der Waals surface area contributed by atoms with E-state index in [0.717, 1.165) is 24.5 Å². The minimum absolute atomic E-state index is 0.0160. The maximum Gasteiger partial charge on any atom is 0.131 e. The van der Waals surface area contributed by atoms with Crippen LogP contribution in [0.15, 0.2) is 18.3 Å². The van der Waals surface area contributed by atoms with Crippen LogP contribution < -0.4 is 4.90 Å². The second kappa shape index (κ2) is 4.39. The molecule has 0 saturated carbocycles. The monoisotopic (exact) mass is 222 g/mol. The van der Waals surface area contributed by atoms with E-state index >= 15 is 0 Å². The van der Waals surface area contributed by atoms with Gasteiger partial charge in [0.05, 0.1) is 13.2 Å². The first-order chi connectivity index (χ1) is 7.68. The van der Waals surface area contributed by atoms with Crippen LogP contribution in [-0.2, 0) is 6.42 Å². The summed E-state index contributed by atoms with van der Waals surface area (Å²) in [6.07, 6.45) is 2.44. The van der Waals surface area contributed by atoms with E-state index < -0.39 is 5.41 Å². The van der Waals surface area contributed by atoms with Crippen LogP contribution >= 0.6 is 0 Å². The molecule has 0 aromatic carbocycles. The van der Waals surface area contributed by atoms with E-state index in [4.69, 9.17) is 0 Å². The lowest BCUT2D eigenvalue weighted by atomic mass is 9.85. The van der Waals surface area contributed by atoms with Crippen LogP contribution in [0.2, 0.25) is 0 Å². The fourth-order valence-corrected chi connectivity index (χ4v) is 1.74. The molecule has 2 N–H and O–H groups in total. The average molecular weight is 222 g/mol. The van der Waals surface area contributed by atoms with Crippen molar-refractivity contribution in [1.29, 1.82) is 0 Å². The van der Waals surface area contributed by atoms with E-state index in [1.165, 1.54) is 0 Å². The Bertz CT molecular complexity index is 360. The van der Waals surface area contributed by atoms with Gasteiger partial charge in [-0.3, -0.25) is 0 Å². The van der Waals surface area contributed by atoms with Gasteiger partial charge in [-0.15, -0.1) is 0 Å². The Morgan fingerprint density at radius 2 is 2.06 bits per heavy atom. The molecule has 1 saturated heterocycles. The summed E-state index contributed by atoms with van der Waals surface area (Å²) in [6.45, 7) is 3.96. The van der Waals surface area contributed by atoms with Crippen LogP contribution in [0.25, 0.3) is 0 Å². The number of anilines is 1. The molecule has 1 aliphatic rings. The predicted octanol–water partition coefficient (Wildman–Crippen LogP) is 0.435. The normalized spacial score (nSPS) is 15.3. The molecule has 1 aromatic heterocycles. The Labute approximate surface area is 95.5 Å². The van der Waals surface area contributed by atoms with Crippen molar-refractivity contribution in [1.82, 2.24) is 4.98 Å². The topological polar surface area (TPSA) is 56.4 Å². The van der Waals surface area contributed by atoms with Crippen LogP contribution in [0, 0.1) is 5.41 Å². The number of nitrogens with zero attached hydrogens (tertiary/aromatic N) is 2. The second-order valence-electron chi connectivity index (χ2n) is 4.78. The fourth-order valence-electron chi connectivity index (χ4n) is 1.74. The van der Waals surface area contributed by atoms with Gasteiger partial charge in [0.25, 0.3) is 0 Å². The van der Waals surface area contributed by atoms with Gasteiger partial charge in [-0.05, 0) is 18.1 Å². The largest absolute Gasteiger partial charge is 0.396 e. The molecule has 1 fully saturated rings. The van der Waals surface area contributed by atoms with Crippen molar-refractivity contribution in [2.75, 3.05) is 31.2 Å². The van der Waals surface area contributed by atoms with Gasteiger partial charge in [0, 0.05) is 24.7 Å². The van der Waals surface area contributed by atoms with Gasteiger partial charge in [-0.25, -0.2) is 4.98 Å². The quantitative estimate of drug-likeness (QED) is 0.710. The summed E-state index contributed by atoms with van der Waals surface area (Å²) in [5.41, 5.74) is 0.638. The highest BCUT2D eigenvalue weighted by atomic mass is 16.3.